The second-order valence-electron chi connectivity index (χ2n) is 4.64. The molecule has 1 N–H and O–H groups in total. The Morgan fingerprint density at radius 2 is 1.94 bits per heavy atom. The van der Waals surface area contributed by atoms with E-state index in [1.165, 1.54) is 0 Å². The lowest BCUT2D eigenvalue weighted by Gasteiger charge is -2.27. The second kappa shape index (κ2) is 3.28. The molecule has 86 valence electrons. The maximum atomic E-state index is 5.67. The van der Waals surface area contributed by atoms with Crippen molar-refractivity contribution in [1.29, 1.82) is 0 Å². The molecule has 1 aromatic rings. The van der Waals surface area contributed by atoms with Crippen LogP contribution in [0.4, 0.5) is 5.69 Å². The fourth-order valence-electron chi connectivity index (χ4n) is 1.87. The average Bonchev–Trinajstić information content (AvgIpc) is 2.44. The summed E-state index contributed by atoms with van der Waals surface area (Å²) in [6.07, 6.45) is 0. The normalized spacial score (nSPS) is 21.6. The number of rotatable bonds is 2. The van der Waals surface area contributed by atoms with Crippen LogP contribution in [0.5, 0.6) is 11.5 Å². The van der Waals surface area contributed by atoms with Gasteiger partial charge in [0.2, 0.25) is 5.79 Å². The second-order valence-corrected chi connectivity index (χ2v) is 4.64. The van der Waals surface area contributed by atoms with Crippen molar-refractivity contribution in [2.24, 2.45) is 0 Å². The Hall–Kier alpha value is -1.42. The summed E-state index contributed by atoms with van der Waals surface area (Å²) in [5.74, 6) is 1.05. The standard InChI is InChI=1S/C12H15NO3/c1-12(2)15-10-4-3-8(5-11(10)16-12)13-9-6-14-7-9/h3-5,9,13H,6-7H2,1-2H3. The van der Waals surface area contributed by atoms with Crippen LogP contribution >= 0.6 is 0 Å². The minimum atomic E-state index is -0.555. The van der Waals surface area contributed by atoms with Gasteiger partial charge in [0.15, 0.2) is 11.5 Å². The van der Waals surface area contributed by atoms with Crippen molar-refractivity contribution in [3.63, 3.8) is 0 Å². The molecule has 0 radical (unpaired) electrons. The third-order valence-corrected chi connectivity index (χ3v) is 2.66. The highest BCUT2D eigenvalue weighted by atomic mass is 16.7. The average molecular weight is 221 g/mol. The number of fused-ring (bicyclic) bond motifs is 1. The maximum Gasteiger partial charge on any atom is 0.246 e. The lowest BCUT2D eigenvalue weighted by molar-refractivity contribution is -0.0431. The Morgan fingerprint density at radius 1 is 1.19 bits per heavy atom. The molecule has 1 fully saturated rings. The fraction of sp³-hybridized carbons (Fsp3) is 0.500. The van der Waals surface area contributed by atoms with E-state index in [0.717, 1.165) is 30.4 Å². The van der Waals surface area contributed by atoms with Gasteiger partial charge in [0.1, 0.15) is 0 Å². The van der Waals surface area contributed by atoms with E-state index in [1.807, 2.05) is 32.0 Å². The molecule has 16 heavy (non-hydrogen) atoms. The Labute approximate surface area is 94.5 Å². The van der Waals surface area contributed by atoms with Crippen LogP contribution in [0.15, 0.2) is 18.2 Å². The van der Waals surface area contributed by atoms with E-state index in [-0.39, 0.29) is 0 Å². The van der Waals surface area contributed by atoms with Crippen LogP contribution < -0.4 is 14.8 Å². The third kappa shape index (κ3) is 1.69. The van der Waals surface area contributed by atoms with Crippen molar-refractivity contribution in [3.05, 3.63) is 18.2 Å². The van der Waals surface area contributed by atoms with Gasteiger partial charge >= 0.3 is 0 Å². The summed E-state index contributed by atoms with van der Waals surface area (Å²) in [5, 5.41) is 3.37. The highest BCUT2D eigenvalue weighted by Gasteiger charge is 2.31. The highest BCUT2D eigenvalue weighted by Crippen LogP contribution is 2.40. The van der Waals surface area contributed by atoms with Gasteiger partial charge in [-0.3, -0.25) is 0 Å². The molecular formula is C12H15NO3. The van der Waals surface area contributed by atoms with Gasteiger partial charge in [-0.25, -0.2) is 0 Å². The summed E-state index contributed by atoms with van der Waals surface area (Å²) in [7, 11) is 0. The topological polar surface area (TPSA) is 39.7 Å². The lowest BCUT2D eigenvalue weighted by atomic mass is 10.2. The van der Waals surface area contributed by atoms with Crippen molar-refractivity contribution in [2.45, 2.75) is 25.7 Å². The van der Waals surface area contributed by atoms with Gasteiger partial charge in [0.05, 0.1) is 19.3 Å². The minimum Gasteiger partial charge on any atom is -0.449 e. The Bertz CT molecular complexity index is 413. The fourth-order valence-corrected chi connectivity index (χ4v) is 1.87. The van der Waals surface area contributed by atoms with Crippen LogP contribution in [0, 0.1) is 0 Å². The summed E-state index contributed by atoms with van der Waals surface area (Å²) in [6, 6.07) is 6.34. The van der Waals surface area contributed by atoms with Crippen molar-refractivity contribution in [2.75, 3.05) is 18.5 Å². The molecule has 1 aromatic carbocycles. The number of nitrogens with one attached hydrogen (secondary N) is 1. The maximum absolute atomic E-state index is 5.67. The molecule has 0 amide bonds. The molecule has 0 aromatic heterocycles. The van der Waals surface area contributed by atoms with E-state index in [2.05, 4.69) is 5.32 Å². The summed E-state index contributed by atoms with van der Waals surface area (Å²) < 4.78 is 16.4. The quantitative estimate of drug-likeness (QED) is 0.829. The van der Waals surface area contributed by atoms with Crippen molar-refractivity contribution < 1.29 is 14.2 Å². The molecule has 2 heterocycles. The highest BCUT2D eigenvalue weighted by molar-refractivity contribution is 5.56. The lowest BCUT2D eigenvalue weighted by Crippen LogP contribution is -2.40. The molecule has 0 spiro atoms. The number of anilines is 1. The Kier molecular flexibility index (Phi) is 2.01. The summed E-state index contributed by atoms with van der Waals surface area (Å²) in [6.45, 7) is 5.36. The summed E-state index contributed by atoms with van der Waals surface area (Å²) >= 11 is 0. The van der Waals surface area contributed by atoms with Gasteiger partial charge in [0, 0.05) is 25.6 Å². The molecule has 2 aliphatic heterocycles. The number of hydrogen-bond acceptors (Lipinski definition) is 4. The number of ether oxygens (including phenoxy) is 3. The first-order valence-electron chi connectivity index (χ1n) is 5.49. The summed E-state index contributed by atoms with van der Waals surface area (Å²) in [4.78, 5) is 0. The van der Waals surface area contributed by atoms with Gasteiger partial charge < -0.3 is 19.5 Å². The molecule has 4 nitrogen and oxygen atoms in total. The first-order chi connectivity index (χ1) is 7.62. The predicted octanol–water partition coefficient (Wildman–Crippen LogP) is 2.00. The zero-order valence-corrected chi connectivity index (χ0v) is 9.45. The van der Waals surface area contributed by atoms with Gasteiger partial charge in [-0.05, 0) is 12.1 Å². The van der Waals surface area contributed by atoms with Crippen LogP contribution in [0.3, 0.4) is 0 Å². The molecule has 4 heteroatoms. The Morgan fingerprint density at radius 3 is 2.62 bits per heavy atom. The van der Waals surface area contributed by atoms with E-state index in [4.69, 9.17) is 14.2 Å². The van der Waals surface area contributed by atoms with Crippen LogP contribution in [0.1, 0.15) is 13.8 Å². The molecule has 2 aliphatic rings. The van der Waals surface area contributed by atoms with Gasteiger partial charge in [-0.1, -0.05) is 0 Å². The molecular weight excluding hydrogens is 206 g/mol. The molecule has 0 unspecified atom stereocenters. The smallest absolute Gasteiger partial charge is 0.246 e. The van der Waals surface area contributed by atoms with E-state index in [1.54, 1.807) is 0 Å². The molecule has 3 rings (SSSR count). The minimum absolute atomic E-state index is 0.424. The monoisotopic (exact) mass is 221 g/mol. The van der Waals surface area contributed by atoms with Crippen molar-refractivity contribution >= 4 is 5.69 Å². The molecule has 0 bridgehead atoms. The van der Waals surface area contributed by atoms with E-state index >= 15 is 0 Å². The molecule has 1 saturated heterocycles. The number of benzene rings is 1. The zero-order chi connectivity index (χ0) is 11.2. The van der Waals surface area contributed by atoms with Gasteiger partial charge in [-0.15, -0.1) is 0 Å². The number of hydrogen-bond donors (Lipinski definition) is 1. The molecule has 0 aliphatic carbocycles. The summed E-state index contributed by atoms with van der Waals surface area (Å²) in [5.41, 5.74) is 1.05. The first-order valence-corrected chi connectivity index (χ1v) is 5.49. The van der Waals surface area contributed by atoms with Crippen LogP contribution in [0.25, 0.3) is 0 Å². The van der Waals surface area contributed by atoms with E-state index in [9.17, 15) is 0 Å². The van der Waals surface area contributed by atoms with E-state index < -0.39 is 5.79 Å². The van der Waals surface area contributed by atoms with Gasteiger partial charge in [0.25, 0.3) is 0 Å². The van der Waals surface area contributed by atoms with Crippen LogP contribution in [0.2, 0.25) is 0 Å². The van der Waals surface area contributed by atoms with Gasteiger partial charge in [-0.2, -0.15) is 0 Å². The third-order valence-electron chi connectivity index (χ3n) is 2.66. The van der Waals surface area contributed by atoms with Crippen molar-refractivity contribution in [3.8, 4) is 11.5 Å². The largest absolute Gasteiger partial charge is 0.449 e. The zero-order valence-electron chi connectivity index (χ0n) is 9.45. The van der Waals surface area contributed by atoms with Crippen LogP contribution in [-0.2, 0) is 4.74 Å². The first kappa shape index (κ1) is 9.78. The molecule has 0 atom stereocenters. The predicted molar refractivity (Wildman–Crippen MR) is 60.0 cm³/mol. The van der Waals surface area contributed by atoms with Crippen LogP contribution in [-0.4, -0.2) is 25.0 Å². The van der Waals surface area contributed by atoms with E-state index in [0.29, 0.717) is 6.04 Å². The SMILES string of the molecule is CC1(C)Oc2ccc(NC3COC3)cc2O1. The Balaban J connectivity index is 1.78. The molecule has 0 saturated carbocycles. The van der Waals surface area contributed by atoms with Crippen molar-refractivity contribution in [1.82, 2.24) is 0 Å².